The van der Waals surface area contributed by atoms with Gasteiger partial charge in [0.2, 0.25) is 0 Å². The van der Waals surface area contributed by atoms with Crippen molar-refractivity contribution < 1.29 is 9.53 Å². The zero-order chi connectivity index (χ0) is 10.5. The van der Waals surface area contributed by atoms with Crippen LogP contribution in [0, 0.1) is 0 Å². The van der Waals surface area contributed by atoms with E-state index in [1.807, 2.05) is 0 Å². The number of ether oxygens (including phenoxy) is 1. The lowest BCUT2D eigenvalue weighted by molar-refractivity contribution is -0.134. The molecule has 0 bridgehead atoms. The highest BCUT2D eigenvalue weighted by atomic mass is 16.5. The van der Waals surface area contributed by atoms with Crippen molar-refractivity contribution in [3.8, 4) is 0 Å². The van der Waals surface area contributed by atoms with Crippen molar-refractivity contribution >= 4 is 5.97 Å². The number of hydrogen-bond donors (Lipinski definition) is 3. The first-order valence-corrected chi connectivity index (χ1v) is 4.04. The maximum atomic E-state index is 9.84. The number of nitrogens with one attached hydrogen (secondary N) is 1. The van der Waals surface area contributed by atoms with Gasteiger partial charge in [-0.05, 0) is 0 Å². The molecule has 5 N–H and O–H groups in total. The summed E-state index contributed by atoms with van der Waals surface area (Å²) in [7, 11) is 1.31. The quantitative estimate of drug-likeness (QED) is 0.288. The Labute approximate surface area is 79.1 Å². The summed E-state index contributed by atoms with van der Waals surface area (Å²) >= 11 is 0. The van der Waals surface area contributed by atoms with E-state index in [1.54, 1.807) is 0 Å². The lowest BCUT2D eigenvalue weighted by Crippen LogP contribution is -2.27. The van der Waals surface area contributed by atoms with E-state index in [-0.39, 0.29) is 0 Å². The monoisotopic (exact) mass is 189 g/mol. The number of esters is 1. The molecule has 78 valence electrons. The Hall–Kier alpha value is -0.910. The predicted molar refractivity (Wildman–Crippen MR) is 53.2 cm³/mol. The van der Waals surface area contributed by atoms with Gasteiger partial charge in [-0.3, -0.25) is 0 Å². The molecule has 0 spiro atoms. The van der Waals surface area contributed by atoms with E-state index in [4.69, 9.17) is 11.5 Å². The highest BCUT2D eigenvalue weighted by Crippen LogP contribution is 1.67. The van der Waals surface area contributed by atoms with Crippen molar-refractivity contribution in [2.24, 2.45) is 11.5 Å². The van der Waals surface area contributed by atoms with Gasteiger partial charge >= 0.3 is 5.97 Å². The van der Waals surface area contributed by atoms with Gasteiger partial charge in [0.15, 0.2) is 0 Å². The summed E-state index contributed by atoms with van der Waals surface area (Å²) in [6.07, 6.45) is 1.11. The minimum atomic E-state index is -0.394. The van der Waals surface area contributed by atoms with Crippen LogP contribution in [0.2, 0.25) is 0 Å². The Kier molecular flexibility index (Phi) is 15.4. The normalized spacial score (nSPS) is 8.23. The van der Waals surface area contributed by atoms with Crippen LogP contribution >= 0.6 is 0 Å². The second kappa shape index (κ2) is 13.7. The van der Waals surface area contributed by atoms with Crippen LogP contribution in [0.5, 0.6) is 0 Å². The molecule has 0 aliphatic carbocycles. The van der Waals surface area contributed by atoms with Crippen molar-refractivity contribution in [3.05, 3.63) is 12.7 Å². The van der Waals surface area contributed by atoms with E-state index in [1.165, 1.54) is 7.11 Å². The Morgan fingerprint density at radius 3 is 2.08 bits per heavy atom. The van der Waals surface area contributed by atoms with Crippen LogP contribution in [0.4, 0.5) is 0 Å². The summed E-state index contributed by atoms with van der Waals surface area (Å²) in [5.41, 5.74) is 10.3. The van der Waals surface area contributed by atoms with Crippen LogP contribution in [0.15, 0.2) is 12.7 Å². The van der Waals surface area contributed by atoms with Gasteiger partial charge in [-0.1, -0.05) is 6.58 Å². The van der Waals surface area contributed by atoms with E-state index in [0.717, 1.165) is 19.2 Å². The highest BCUT2D eigenvalue weighted by Gasteiger charge is 1.81. The first-order chi connectivity index (χ1) is 6.22. The predicted octanol–water partition coefficient (Wildman–Crippen LogP) is -1.16. The van der Waals surface area contributed by atoms with E-state index in [0.29, 0.717) is 13.1 Å². The van der Waals surface area contributed by atoms with Gasteiger partial charge < -0.3 is 21.5 Å². The molecule has 0 aromatic rings. The molecule has 0 amide bonds. The van der Waals surface area contributed by atoms with Crippen LogP contribution < -0.4 is 16.8 Å². The number of rotatable bonds is 5. The van der Waals surface area contributed by atoms with Gasteiger partial charge in [-0.2, -0.15) is 0 Å². The summed E-state index contributed by atoms with van der Waals surface area (Å²) in [6, 6.07) is 0. The van der Waals surface area contributed by atoms with Crippen molar-refractivity contribution in [1.82, 2.24) is 5.32 Å². The first-order valence-electron chi connectivity index (χ1n) is 4.04. The van der Waals surface area contributed by atoms with E-state index in [9.17, 15) is 4.79 Å². The van der Waals surface area contributed by atoms with Gasteiger partial charge in [0.05, 0.1) is 7.11 Å². The highest BCUT2D eigenvalue weighted by molar-refractivity contribution is 5.80. The molecule has 0 aromatic carbocycles. The molecular formula is C8H19N3O2. The van der Waals surface area contributed by atoms with Crippen molar-refractivity contribution in [2.45, 2.75) is 0 Å². The molecule has 0 aromatic heterocycles. The minimum absolute atomic E-state index is 0.394. The molecule has 5 heteroatoms. The molecule has 0 aliphatic rings. The molecule has 0 saturated heterocycles. The molecule has 0 unspecified atom stereocenters. The lowest BCUT2D eigenvalue weighted by atomic mass is 10.6. The molecule has 0 radical (unpaired) electrons. The number of carbonyl (C=O) groups is 1. The lowest BCUT2D eigenvalue weighted by Gasteiger charge is -1.95. The van der Waals surface area contributed by atoms with E-state index >= 15 is 0 Å². The second-order valence-corrected chi connectivity index (χ2v) is 2.05. The fourth-order valence-corrected chi connectivity index (χ4v) is 0.412. The molecule has 0 fully saturated rings. The summed E-state index contributed by atoms with van der Waals surface area (Å²) in [5.74, 6) is -0.394. The van der Waals surface area contributed by atoms with E-state index in [2.05, 4.69) is 16.6 Å². The van der Waals surface area contributed by atoms with Gasteiger partial charge in [0, 0.05) is 32.3 Å². The second-order valence-electron chi connectivity index (χ2n) is 2.05. The zero-order valence-electron chi connectivity index (χ0n) is 8.08. The summed E-state index contributed by atoms with van der Waals surface area (Å²) in [5, 5.41) is 3.03. The van der Waals surface area contributed by atoms with E-state index < -0.39 is 5.97 Å². The molecule has 0 aliphatic heterocycles. The Bertz CT molecular complexity index is 125. The average Bonchev–Trinajstić information content (AvgIpc) is 2.18. The SMILES string of the molecule is C=CC(=O)OC.NCCNCCN. The number of carbonyl (C=O) groups excluding carboxylic acids is 1. The van der Waals surface area contributed by atoms with Crippen molar-refractivity contribution in [1.29, 1.82) is 0 Å². The summed E-state index contributed by atoms with van der Waals surface area (Å²) < 4.78 is 4.14. The topological polar surface area (TPSA) is 90.4 Å². The molecular weight excluding hydrogens is 170 g/mol. The maximum Gasteiger partial charge on any atom is 0.329 e. The Morgan fingerprint density at radius 2 is 1.92 bits per heavy atom. The largest absolute Gasteiger partial charge is 0.466 e. The van der Waals surface area contributed by atoms with Crippen LogP contribution in [-0.2, 0) is 9.53 Å². The third-order valence-electron chi connectivity index (χ3n) is 1.01. The molecule has 0 saturated carbocycles. The van der Waals surface area contributed by atoms with Gasteiger partial charge in [0.1, 0.15) is 0 Å². The molecule has 5 nitrogen and oxygen atoms in total. The summed E-state index contributed by atoms with van der Waals surface area (Å²) in [4.78, 5) is 9.84. The van der Waals surface area contributed by atoms with Crippen molar-refractivity contribution in [3.63, 3.8) is 0 Å². The zero-order valence-corrected chi connectivity index (χ0v) is 8.08. The Morgan fingerprint density at radius 1 is 1.46 bits per heavy atom. The standard InChI is InChI=1S/C4H13N3.C4H6O2/c5-1-3-7-4-2-6;1-3-4(5)6-2/h7H,1-6H2;3H,1H2,2H3. The summed E-state index contributed by atoms with van der Waals surface area (Å²) in [6.45, 7) is 6.29. The smallest absolute Gasteiger partial charge is 0.329 e. The molecule has 0 atom stereocenters. The minimum Gasteiger partial charge on any atom is -0.466 e. The fourth-order valence-electron chi connectivity index (χ4n) is 0.412. The van der Waals surface area contributed by atoms with Gasteiger partial charge in [0.25, 0.3) is 0 Å². The Balaban J connectivity index is 0. The number of nitrogens with two attached hydrogens (primary N) is 2. The van der Waals surface area contributed by atoms with Gasteiger partial charge in [-0.25, -0.2) is 4.79 Å². The van der Waals surface area contributed by atoms with Crippen LogP contribution in [0.1, 0.15) is 0 Å². The van der Waals surface area contributed by atoms with Crippen LogP contribution in [0.3, 0.4) is 0 Å². The van der Waals surface area contributed by atoms with Crippen LogP contribution in [0.25, 0.3) is 0 Å². The third kappa shape index (κ3) is 18.2. The van der Waals surface area contributed by atoms with Crippen molar-refractivity contribution in [2.75, 3.05) is 33.3 Å². The van der Waals surface area contributed by atoms with Gasteiger partial charge in [-0.15, -0.1) is 0 Å². The first kappa shape index (κ1) is 14.6. The molecule has 13 heavy (non-hydrogen) atoms. The number of hydrogen-bond acceptors (Lipinski definition) is 5. The average molecular weight is 189 g/mol. The maximum absolute atomic E-state index is 9.84. The number of methoxy groups -OCH3 is 1. The fraction of sp³-hybridized carbons (Fsp3) is 0.625. The van der Waals surface area contributed by atoms with Crippen LogP contribution in [-0.4, -0.2) is 39.3 Å². The molecule has 0 heterocycles. The third-order valence-corrected chi connectivity index (χ3v) is 1.01. The molecule has 0 rings (SSSR count).